The number of aliphatic carboxylic acids is 1. The van der Waals surface area contributed by atoms with E-state index < -0.39 is 46.8 Å². The molecule has 1 rings (SSSR count). The number of carboxylic acids is 1. The smallest absolute Gasteiger partial charge is 0.408 e. The minimum Gasteiger partial charge on any atom is -0.481 e. The predicted molar refractivity (Wildman–Crippen MR) is 105 cm³/mol. The number of carboxylic acid groups (broad SMARTS) is 1. The first-order chi connectivity index (χ1) is 13.7. The standard InChI is InChI=1S/C18H23N3O7S/c1-11(16(19)25)20-17(26)13(7-8-15(24)29-10-14(22)23)21-18(27)28-9-12-5-3-2-4-6-12/h2-6,11,13H,7-10H2,1H3,(H2,19,25)(H,20,26)(H,21,27)(H,22,23)/t11-,13?/m0/s1. The van der Waals surface area contributed by atoms with E-state index in [0.717, 1.165) is 5.56 Å². The Morgan fingerprint density at radius 3 is 2.38 bits per heavy atom. The summed E-state index contributed by atoms with van der Waals surface area (Å²) < 4.78 is 5.06. The number of carbonyl (C=O) groups is 5. The van der Waals surface area contributed by atoms with Crippen molar-refractivity contribution < 1.29 is 33.8 Å². The van der Waals surface area contributed by atoms with Crippen LogP contribution in [-0.2, 0) is 30.5 Å². The van der Waals surface area contributed by atoms with Gasteiger partial charge in [0.1, 0.15) is 18.7 Å². The van der Waals surface area contributed by atoms with Crippen LogP contribution in [-0.4, -0.2) is 51.9 Å². The molecule has 0 radical (unpaired) electrons. The molecule has 0 aliphatic rings. The maximum Gasteiger partial charge on any atom is 0.408 e. The lowest BCUT2D eigenvalue weighted by atomic mass is 10.1. The summed E-state index contributed by atoms with van der Waals surface area (Å²) in [6.07, 6.45) is -1.16. The minimum absolute atomic E-state index is 0.0217. The summed E-state index contributed by atoms with van der Waals surface area (Å²) in [5.74, 6) is -3.03. The van der Waals surface area contributed by atoms with Crippen molar-refractivity contribution in [2.24, 2.45) is 5.73 Å². The van der Waals surface area contributed by atoms with Crippen molar-refractivity contribution in [3.05, 3.63) is 35.9 Å². The first kappa shape index (κ1) is 24.0. The van der Waals surface area contributed by atoms with Crippen molar-refractivity contribution in [2.45, 2.75) is 38.5 Å². The molecule has 11 heteroatoms. The quantitative estimate of drug-likeness (QED) is 0.395. The van der Waals surface area contributed by atoms with E-state index in [1.807, 2.05) is 6.07 Å². The normalized spacial score (nSPS) is 12.3. The molecule has 158 valence electrons. The molecule has 0 fully saturated rings. The number of nitrogens with two attached hydrogens (primary N) is 1. The van der Waals surface area contributed by atoms with Crippen LogP contribution < -0.4 is 16.4 Å². The molecule has 0 saturated heterocycles. The highest BCUT2D eigenvalue weighted by Crippen LogP contribution is 2.10. The summed E-state index contributed by atoms with van der Waals surface area (Å²) in [4.78, 5) is 57.8. The molecule has 0 aliphatic heterocycles. The highest BCUT2D eigenvalue weighted by atomic mass is 32.2. The highest BCUT2D eigenvalue weighted by Gasteiger charge is 2.25. The average molecular weight is 425 g/mol. The van der Waals surface area contributed by atoms with Gasteiger partial charge in [0.05, 0.1) is 5.75 Å². The third-order valence-corrected chi connectivity index (χ3v) is 4.52. The molecule has 29 heavy (non-hydrogen) atoms. The monoisotopic (exact) mass is 425 g/mol. The van der Waals surface area contributed by atoms with Crippen LogP contribution in [0.3, 0.4) is 0 Å². The number of rotatable bonds is 11. The summed E-state index contributed by atoms with van der Waals surface area (Å²) in [6.45, 7) is 1.35. The minimum atomic E-state index is -1.17. The molecule has 0 heterocycles. The Morgan fingerprint density at radius 1 is 1.14 bits per heavy atom. The van der Waals surface area contributed by atoms with Gasteiger partial charge in [0, 0.05) is 6.42 Å². The fourth-order valence-corrected chi connectivity index (χ4v) is 2.58. The molecule has 1 unspecified atom stereocenters. The van der Waals surface area contributed by atoms with Gasteiger partial charge in [-0.1, -0.05) is 42.1 Å². The van der Waals surface area contributed by atoms with E-state index in [4.69, 9.17) is 15.6 Å². The van der Waals surface area contributed by atoms with Crippen LogP contribution >= 0.6 is 11.8 Å². The Labute approximate surface area is 171 Å². The van der Waals surface area contributed by atoms with Gasteiger partial charge in [-0.15, -0.1) is 0 Å². The molecular formula is C18H23N3O7S. The van der Waals surface area contributed by atoms with E-state index >= 15 is 0 Å². The molecule has 0 spiro atoms. The second-order valence-corrected chi connectivity index (χ2v) is 7.02. The summed E-state index contributed by atoms with van der Waals surface area (Å²) >= 11 is 0.595. The number of hydrogen-bond donors (Lipinski definition) is 4. The van der Waals surface area contributed by atoms with Crippen molar-refractivity contribution in [1.29, 1.82) is 0 Å². The molecule has 3 amide bonds. The van der Waals surface area contributed by atoms with E-state index in [0.29, 0.717) is 11.8 Å². The van der Waals surface area contributed by atoms with Gasteiger partial charge in [0.15, 0.2) is 5.12 Å². The lowest BCUT2D eigenvalue weighted by Crippen LogP contribution is -2.52. The van der Waals surface area contributed by atoms with Crippen molar-refractivity contribution in [2.75, 3.05) is 5.75 Å². The van der Waals surface area contributed by atoms with Crippen LogP contribution in [0.4, 0.5) is 4.79 Å². The summed E-state index contributed by atoms with van der Waals surface area (Å²) in [6, 6.07) is 6.72. The topological polar surface area (TPSA) is 165 Å². The van der Waals surface area contributed by atoms with Crippen LogP contribution in [0.15, 0.2) is 30.3 Å². The molecule has 10 nitrogen and oxygen atoms in total. The summed E-state index contributed by atoms with van der Waals surface area (Å²) in [5, 5.41) is 12.8. The lowest BCUT2D eigenvalue weighted by Gasteiger charge is -2.20. The fourth-order valence-electron chi connectivity index (χ4n) is 2.04. The van der Waals surface area contributed by atoms with Crippen LogP contribution in [0, 0.1) is 0 Å². The predicted octanol–water partition coefficient (Wildman–Crippen LogP) is 0.396. The fraction of sp³-hybridized carbons (Fsp3) is 0.389. The van der Waals surface area contributed by atoms with Gasteiger partial charge in [-0.3, -0.25) is 19.2 Å². The van der Waals surface area contributed by atoms with Gasteiger partial charge in [-0.25, -0.2) is 4.79 Å². The number of nitrogens with one attached hydrogen (secondary N) is 2. The first-order valence-electron chi connectivity index (χ1n) is 8.63. The van der Waals surface area contributed by atoms with E-state index in [1.54, 1.807) is 24.3 Å². The Morgan fingerprint density at radius 2 is 1.79 bits per heavy atom. The number of carbonyl (C=O) groups excluding carboxylic acids is 4. The molecule has 0 aromatic heterocycles. The Balaban J connectivity index is 2.66. The summed E-state index contributed by atoms with van der Waals surface area (Å²) in [5.41, 5.74) is 5.85. The van der Waals surface area contributed by atoms with Crippen molar-refractivity contribution in [3.63, 3.8) is 0 Å². The molecule has 2 atom stereocenters. The number of thioether (sulfide) groups is 1. The van der Waals surface area contributed by atoms with Crippen LogP contribution in [0.25, 0.3) is 0 Å². The van der Waals surface area contributed by atoms with E-state index in [-0.39, 0.29) is 19.4 Å². The van der Waals surface area contributed by atoms with Gasteiger partial charge in [0.2, 0.25) is 11.8 Å². The maximum atomic E-state index is 12.3. The maximum absolute atomic E-state index is 12.3. The molecule has 0 aliphatic carbocycles. The first-order valence-corrected chi connectivity index (χ1v) is 9.62. The van der Waals surface area contributed by atoms with Gasteiger partial charge in [-0.05, 0) is 18.9 Å². The molecule has 0 bridgehead atoms. The van der Waals surface area contributed by atoms with Gasteiger partial charge < -0.3 is 26.2 Å². The molecule has 1 aromatic rings. The van der Waals surface area contributed by atoms with Crippen LogP contribution in [0.5, 0.6) is 0 Å². The second kappa shape index (κ2) is 12.4. The zero-order chi connectivity index (χ0) is 21.8. The number of primary amides is 1. The molecule has 5 N–H and O–H groups in total. The largest absolute Gasteiger partial charge is 0.481 e. The molecule has 0 saturated carbocycles. The molecule has 1 aromatic carbocycles. The molecular weight excluding hydrogens is 402 g/mol. The van der Waals surface area contributed by atoms with Crippen LogP contribution in [0.2, 0.25) is 0 Å². The third kappa shape index (κ3) is 10.1. The van der Waals surface area contributed by atoms with Gasteiger partial charge in [0.25, 0.3) is 0 Å². The van der Waals surface area contributed by atoms with Crippen molar-refractivity contribution in [3.8, 4) is 0 Å². The number of alkyl carbamates (subject to hydrolysis) is 1. The van der Waals surface area contributed by atoms with Crippen molar-refractivity contribution >= 4 is 40.8 Å². The SMILES string of the molecule is C[C@H](NC(=O)C(CCC(=O)SCC(=O)O)NC(=O)OCc1ccccc1)C(N)=O. The zero-order valence-electron chi connectivity index (χ0n) is 15.8. The Bertz CT molecular complexity index is 742. The third-order valence-electron chi connectivity index (χ3n) is 3.60. The Kier molecular flexibility index (Phi) is 10.2. The second-order valence-electron chi connectivity index (χ2n) is 5.98. The van der Waals surface area contributed by atoms with Gasteiger partial charge >= 0.3 is 12.1 Å². The van der Waals surface area contributed by atoms with Crippen LogP contribution in [0.1, 0.15) is 25.3 Å². The number of hydrogen-bond acceptors (Lipinski definition) is 7. The lowest BCUT2D eigenvalue weighted by molar-refractivity contribution is -0.134. The number of amides is 3. The number of ether oxygens (including phenoxy) is 1. The number of benzene rings is 1. The zero-order valence-corrected chi connectivity index (χ0v) is 16.6. The average Bonchev–Trinajstić information content (AvgIpc) is 2.68. The Hall–Kier alpha value is -3.08. The van der Waals surface area contributed by atoms with Crippen molar-refractivity contribution in [1.82, 2.24) is 10.6 Å². The van der Waals surface area contributed by atoms with E-state index in [1.165, 1.54) is 6.92 Å². The highest BCUT2D eigenvalue weighted by molar-refractivity contribution is 8.14. The van der Waals surface area contributed by atoms with Gasteiger partial charge in [-0.2, -0.15) is 0 Å². The van der Waals surface area contributed by atoms with E-state index in [9.17, 15) is 24.0 Å². The summed E-state index contributed by atoms with van der Waals surface area (Å²) in [7, 11) is 0. The van der Waals surface area contributed by atoms with E-state index in [2.05, 4.69) is 10.6 Å².